The van der Waals surface area contributed by atoms with Crippen LogP contribution in [0.2, 0.25) is 0 Å². The van der Waals surface area contributed by atoms with Crippen LogP contribution in [0.5, 0.6) is 0 Å². The second kappa shape index (κ2) is 11.0. The van der Waals surface area contributed by atoms with Crippen LogP contribution < -0.4 is 5.32 Å². The zero-order chi connectivity index (χ0) is 29.5. The summed E-state index contributed by atoms with van der Waals surface area (Å²) in [5.74, 6) is -0.412. The van der Waals surface area contributed by atoms with Gasteiger partial charge in [-0.2, -0.15) is 0 Å². The minimum absolute atomic E-state index is 0.0597. The summed E-state index contributed by atoms with van der Waals surface area (Å²) in [5, 5.41) is 15.0. The molecule has 2 aliphatic rings. The van der Waals surface area contributed by atoms with Crippen LogP contribution >= 0.6 is 0 Å². The summed E-state index contributed by atoms with van der Waals surface area (Å²) in [6.07, 6.45) is 4.01. The molecule has 5 rings (SSSR count). The van der Waals surface area contributed by atoms with Gasteiger partial charge in [0.15, 0.2) is 0 Å². The lowest BCUT2D eigenvalue weighted by atomic mass is 9.86. The second-order valence-corrected chi connectivity index (χ2v) is 12.3. The summed E-state index contributed by atoms with van der Waals surface area (Å²) < 4.78 is 0. The largest absolute Gasteiger partial charge is 0.361 e. The van der Waals surface area contributed by atoms with Gasteiger partial charge in [0.05, 0.1) is 4.92 Å². The van der Waals surface area contributed by atoms with Gasteiger partial charge in [0.2, 0.25) is 11.8 Å². The highest BCUT2D eigenvalue weighted by molar-refractivity contribution is 5.98. The van der Waals surface area contributed by atoms with Crippen LogP contribution in [-0.4, -0.2) is 69.1 Å². The fourth-order valence-electron chi connectivity index (χ4n) is 5.48. The number of aromatic nitrogens is 1. The van der Waals surface area contributed by atoms with Gasteiger partial charge in [-0.3, -0.25) is 24.5 Å². The highest BCUT2D eigenvalue weighted by atomic mass is 16.6. The van der Waals surface area contributed by atoms with Crippen molar-refractivity contribution >= 4 is 34.3 Å². The maximum atomic E-state index is 14.0. The average Bonchev–Trinajstić information content (AvgIpc) is 3.72. The summed E-state index contributed by atoms with van der Waals surface area (Å²) in [5.41, 5.74) is 3.07. The molecule has 0 radical (unpaired) electrons. The van der Waals surface area contributed by atoms with Crippen molar-refractivity contribution in [2.45, 2.75) is 64.5 Å². The highest BCUT2D eigenvalue weighted by Gasteiger charge is 2.39. The Labute approximate surface area is 239 Å². The average molecular weight is 560 g/mol. The van der Waals surface area contributed by atoms with Gasteiger partial charge in [-0.05, 0) is 60.6 Å². The minimum atomic E-state index is -0.868. The highest BCUT2D eigenvalue weighted by Crippen LogP contribution is 2.32. The lowest BCUT2D eigenvalue weighted by molar-refractivity contribution is -0.384. The van der Waals surface area contributed by atoms with Gasteiger partial charge in [-0.25, -0.2) is 0 Å². The molecule has 2 heterocycles. The number of amides is 3. The van der Waals surface area contributed by atoms with E-state index in [4.69, 9.17) is 0 Å². The first kappa shape index (κ1) is 28.3. The van der Waals surface area contributed by atoms with Crippen molar-refractivity contribution in [1.29, 1.82) is 0 Å². The molecule has 1 aliphatic heterocycles. The SMILES string of the molecule is CC1CN(C(=O)C(Cc2c[nH]c3ccc(C(C)(C)C)cc23)NC(=O)c2ccc([N+](=O)[O-])cc2)CCN1C(=O)C1CC1. The number of piperazine rings is 1. The van der Waals surface area contributed by atoms with Crippen molar-refractivity contribution in [3.05, 3.63) is 75.5 Å². The van der Waals surface area contributed by atoms with E-state index in [1.807, 2.05) is 24.1 Å². The molecule has 1 saturated carbocycles. The molecule has 2 unspecified atom stereocenters. The predicted molar refractivity (Wildman–Crippen MR) is 156 cm³/mol. The first-order chi connectivity index (χ1) is 19.4. The van der Waals surface area contributed by atoms with E-state index in [1.54, 1.807) is 4.90 Å². The molecule has 2 fully saturated rings. The van der Waals surface area contributed by atoms with Crippen LogP contribution in [0.25, 0.3) is 10.9 Å². The maximum Gasteiger partial charge on any atom is 0.269 e. The number of hydrogen-bond acceptors (Lipinski definition) is 5. The summed E-state index contributed by atoms with van der Waals surface area (Å²) in [6, 6.07) is 10.6. The third-order valence-electron chi connectivity index (χ3n) is 8.15. The molecule has 10 heteroatoms. The Kier molecular flexibility index (Phi) is 7.59. The number of benzene rings is 2. The Morgan fingerprint density at radius 2 is 1.80 bits per heavy atom. The fourth-order valence-corrected chi connectivity index (χ4v) is 5.48. The lowest BCUT2D eigenvalue weighted by Gasteiger charge is -2.41. The molecule has 0 spiro atoms. The van der Waals surface area contributed by atoms with Crippen LogP contribution in [0.1, 0.15) is 62.0 Å². The van der Waals surface area contributed by atoms with Crippen LogP contribution in [-0.2, 0) is 21.4 Å². The molecule has 1 aromatic heterocycles. The molecule has 1 aliphatic carbocycles. The molecular formula is C31H37N5O5. The zero-order valence-electron chi connectivity index (χ0n) is 24.0. The molecule has 2 atom stereocenters. The summed E-state index contributed by atoms with van der Waals surface area (Å²) >= 11 is 0. The number of nitrogens with one attached hydrogen (secondary N) is 2. The fraction of sp³-hybridized carbons (Fsp3) is 0.452. The second-order valence-electron chi connectivity index (χ2n) is 12.3. The Morgan fingerprint density at radius 1 is 1.10 bits per heavy atom. The molecule has 2 N–H and O–H groups in total. The van der Waals surface area contributed by atoms with Gasteiger partial charge in [-0.1, -0.05) is 26.8 Å². The zero-order valence-corrected chi connectivity index (χ0v) is 24.0. The summed E-state index contributed by atoms with van der Waals surface area (Å²) in [7, 11) is 0. The van der Waals surface area contributed by atoms with Gasteiger partial charge in [0.25, 0.3) is 11.6 Å². The Morgan fingerprint density at radius 3 is 2.41 bits per heavy atom. The Balaban J connectivity index is 1.40. The lowest BCUT2D eigenvalue weighted by Crippen LogP contribution is -2.59. The van der Waals surface area contributed by atoms with Crippen molar-refractivity contribution in [3.8, 4) is 0 Å². The van der Waals surface area contributed by atoms with E-state index >= 15 is 0 Å². The van der Waals surface area contributed by atoms with Crippen molar-refractivity contribution < 1.29 is 19.3 Å². The van der Waals surface area contributed by atoms with E-state index < -0.39 is 16.9 Å². The molecule has 2 aromatic carbocycles. The number of carbonyl (C=O) groups excluding carboxylic acids is 3. The number of nitrogens with zero attached hydrogens (tertiary/aromatic N) is 3. The summed E-state index contributed by atoms with van der Waals surface area (Å²) in [6.45, 7) is 9.64. The van der Waals surface area contributed by atoms with Gasteiger partial charge in [-0.15, -0.1) is 0 Å². The van der Waals surface area contributed by atoms with Crippen molar-refractivity contribution in [2.75, 3.05) is 19.6 Å². The Hall–Kier alpha value is -4.21. The first-order valence-electron chi connectivity index (χ1n) is 14.2. The van der Waals surface area contributed by atoms with Crippen molar-refractivity contribution in [3.63, 3.8) is 0 Å². The molecule has 0 bridgehead atoms. The Bertz CT molecular complexity index is 1480. The monoisotopic (exact) mass is 559 g/mol. The third kappa shape index (κ3) is 6.11. The standard InChI is InChI=1S/C31H37N5O5/c1-19-18-34(13-14-35(19)29(38)21-5-6-21)30(39)27(33-28(37)20-7-10-24(11-8-20)36(40)41)15-22-17-32-26-12-9-23(16-25(22)26)31(2,3)4/h7-12,16-17,19,21,27,32H,5-6,13-15,18H2,1-4H3,(H,33,37). The van der Waals surface area contributed by atoms with E-state index in [1.165, 1.54) is 24.3 Å². The van der Waals surface area contributed by atoms with Gasteiger partial charge in [0, 0.05) is 72.8 Å². The smallest absolute Gasteiger partial charge is 0.269 e. The van der Waals surface area contributed by atoms with E-state index in [2.05, 4.69) is 43.2 Å². The number of hydrogen-bond donors (Lipinski definition) is 2. The van der Waals surface area contributed by atoms with Crippen LogP contribution in [0.15, 0.2) is 48.7 Å². The number of aromatic amines is 1. The number of nitro benzene ring substituents is 1. The number of nitro groups is 1. The van der Waals surface area contributed by atoms with Crippen LogP contribution in [0.3, 0.4) is 0 Å². The van der Waals surface area contributed by atoms with Gasteiger partial charge >= 0.3 is 0 Å². The number of carbonyl (C=O) groups is 3. The molecule has 3 amide bonds. The van der Waals surface area contributed by atoms with E-state index in [0.717, 1.165) is 34.9 Å². The molecule has 216 valence electrons. The van der Waals surface area contributed by atoms with E-state index in [-0.39, 0.29) is 46.9 Å². The normalized spacial score (nSPS) is 18.3. The molecule has 3 aromatic rings. The third-order valence-corrected chi connectivity index (χ3v) is 8.15. The predicted octanol–water partition coefficient (Wildman–Crippen LogP) is 4.18. The molecule has 41 heavy (non-hydrogen) atoms. The van der Waals surface area contributed by atoms with Gasteiger partial charge < -0.3 is 20.1 Å². The maximum absolute atomic E-state index is 14.0. The quantitative estimate of drug-likeness (QED) is 0.331. The number of non-ortho nitro benzene ring substituents is 1. The van der Waals surface area contributed by atoms with Crippen molar-refractivity contribution in [1.82, 2.24) is 20.1 Å². The van der Waals surface area contributed by atoms with E-state index in [9.17, 15) is 24.5 Å². The van der Waals surface area contributed by atoms with Gasteiger partial charge in [0.1, 0.15) is 6.04 Å². The minimum Gasteiger partial charge on any atom is -0.361 e. The van der Waals surface area contributed by atoms with Crippen LogP contribution in [0.4, 0.5) is 5.69 Å². The van der Waals surface area contributed by atoms with E-state index in [0.29, 0.717) is 19.6 Å². The number of H-pyrrole nitrogens is 1. The topological polar surface area (TPSA) is 129 Å². The molecular weight excluding hydrogens is 522 g/mol. The van der Waals surface area contributed by atoms with Crippen molar-refractivity contribution in [2.24, 2.45) is 5.92 Å². The number of fused-ring (bicyclic) bond motifs is 1. The molecule has 10 nitrogen and oxygen atoms in total. The first-order valence-corrected chi connectivity index (χ1v) is 14.2. The molecule has 1 saturated heterocycles. The summed E-state index contributed by atoms with van der Waals surface area (Å²) in [4.78, 5) is 57.4. The van der Waals surface area contributed by atoms with Crippen LogP contribution in [0, 0.1) is 16.0 Å². The number of rotatable bonds is 7.